The van der Waals surface area contributed by atoms with Crippen molar-refractivity contribution in [3.63, 3.8) is 0 Å². The van der Waals surface area contributed by atoms with Gasteiger partial charge in [0.15, 0.2) is 0 Å². The predicted molar refractivity (Wildman–Crippen MR) is 44.0 cm³/mol. The monoisotopic (exact) mass is 179 g/mol. The molecular weight excluding hydrogens is 170 g/mol. The number of carbonyl (C=O) groups is 1. The van der Waals surface area contributed by atoms with E-state index in [9.17, 15) is 4.79 Å². The molecule has 0 spiro atoms. The van der Waals surface area contributed by atoms with Crippen LogP contribution < -0.4 is 5.32 Å². The summed E-state index contributed by atoms with van der Waals surface area (Å²) in [6.45, 7) is 0.432. The van der Waals surface area contributed by atoms with Gasteiger partial charge >= 0.3 is 6.09 Å². The van der Waals surface area contributed by atoms with E-state index in [4.69, 9.17) is 4.74 Å². The molecule has 68 valence electrons. The third-order valence-corrected chi connectivity index (χ3v) is 1.87. The summed E-state index contributed by atoms with van der Waals surface area (Å²) < 4.78 is 4.75. The summed E-state index contributed by atoms with van der Waals surface area (Å²) in [5.41, 5.74) is 1.05. The number of rotatable bonds is 2. The molecule has 0 aliphatic carbocycles. The number of carbonyl (C=O) groups excluding carboxylic acids is 1. The molecule has 1 amide bonds. The van der Waals surface area contributed by atoms with Gasteiger partial charge in [0.25, 0.3) is 0 Å². The van der Waals surface area contributed by atoms with Crippen LogP contribution in [0.3, 0.4) is 0 Å². The molecule has 0 bridgehead atoms. The molecule has 1 aliphatic heterocycles. The first-order valence-corrected chi connectivity index (χ1v) is 4.03. The molecule has 5 nitrogen and oxygen atoms in total. The van der Waals surface area contributed by atoms with Gasteiger partial charge in [-0.25, -0.2) is 4.79 Å². The van der Waals surface area contributed by atoms with E-state index in [-0.39, 0.29) is 12.1 Å². The number of aromatic nitrogens is 2. The number of amides is 1. The maximum atomic E-state index is 10.7. The van der Waals surface area contributed by atoms with Crippen LogP contribution in [0, 0.1) is 0 Å². The molecule has 0 saturated carbocycles. The number of nitrogens with zero attached hydrogens (tertiary/aromatic N) is 2. The molecule has 13 heavy (non-hydrogen) atoms. The Bertz CT molecular complexity index is 302. The van der Waals surface area contributed by atoms with Crippen molar-refractivity contribution >= 4 is 6.09 Å². The summed E-state index contributed by atoms with van der Waals surface area (Å²) in [5, 5.41) is 10.1. The zero-order valence-electron chi connectivity index (χ0n) is 6.93. The number of nitrogens with one attached hydrogen (secondary N) is 1. The average Bonchev–Trinajstić information content (AvgIpc) is 2.53. The van der Waals surface area contributed by atoms with Crippen LogP contribution in [0.4, 0.5) is 4.79 Å². The molecule has 1 atom stereocenters. The van der Waals surface area contributed by atoms with E-state index in [1.165, 1.54) is 0 Å². The molecule has 2 heterocycles. The van der Waals surface area contributed by atoms with Gasteiger partial charge in [-0.2, -0.15) is 10.2 Å². The molecule has 1 aromatic rings. The molecule has 1 unspecified atom stereocenters. The molecule has 1 fully saturated rings. The fourth-order valence-corrected chi connectivity index (χ4v) is 1.26. The van der Waals surface area contributed by atoms with Crippen molar-refractivity contribution in [1.29, 1.82) is 0 Å². The van der Waals surface area contributed by atoms with E-state index in [0.717, 1.165) is 12.0 Å². The zero-order valence-corrected chi connectivity index (χ0v) is 6.93. The summed E-state index contributed by atoms with van der Waals surface area (Å²) >= 11 is 0. The standard InChI is InChI=1S/C8H9N3O2/c12-8-11-7(5-13-8)3-6-1-2-9-10-4-6/h1-2,4,7H,3,5H2,(H,11,12). The molecule has 0 aromatic carbocycles. The summed E-state index contributed by atoms with van der Waals surface area (Å²) in [6, 6.07) is 1.94. The minimum Gasteiger partial charge on any atom is -0.447 e. The van der Waals surface area contributed by atoms with Gasteiger partial charge in [0, 0.05) is 6.20 Å². The van der Waals surface area contributed by atoms with Crippen molar-refractivity contribution in [3.05, 3.63) is 24.0 Å². The van der Waals surface area contributed by atoms with Crippen LogP contribution in [0.1, 0.15) is 5.56 Å². The first-order chi connectivity index (χ1) is 6.34. The van der Waals surface area contributed by atoms with Gasteiger partial charge in [-0.3, -0.25) is 0 Å². The topological polar surface area (TPSA) is 64.1 Å². The smallest absolute Gasteiger partial charge is 0.407 e. The van der Waals surface area contributed by atoms with Crippen LogP contribution in [0.15, 0.2) is 18.5 Å². The Labute approximate surface area is 75.1 Å². The van der Waals surface area contributed by atoms with Gasteiger partial charge in [-0.05, 0) is 18.1 Å². The molecule has 5 heteroatoms. The second-order valence-electron chi connectivity index (χ2n) is 2.89. The van der Waals surface area contributed by atoms with Gasteiger partial charge in [0.05, 0.1) is 12.2 Å². The highest BCUT2D eigenvalue weighted by atomic mass is 16.6. The summed E-state index contributed by atoms with van der Waals surface area (Å²) in [5.74, 6) is 0. The van der Waals surface area contributed by atoms with Crippen LogP contribution in [0.5, 0.6) is 0 Å². The Morgan fingerprint density at radius 3 is 3.15 bits per heavy atom. The minimum atomic E-state index is -0.341. The van der Waals surface area contributed by atoms with Gasteiger partial charge in [-0.15, -0.1) is 0 Å². The summed E-state index contributed by atoms with van der Waals surface area (Å²) in [6.07, 6.45) is 3.71. The third kappa shape index (κ3) is 1.93. The second kappa shape index (κ2) is 3.38. The highest BCUT2D eigenvalue weighted by Gasteiger charge is 2.21. The molecule has 0 radical (unpaired) electrons. The van der Waals surface area contributed by atoms with Gasteiger partial charge in [0.1, 0.15) is 6.61 Å². The second-order valence-corrected chi connectivity index (χ2v) is 2.89. The predicted octanol–water partition coefficient (Wildman–Crippen LogP) is 0.127. The molecule has 2 rings (SSSR count). The van der Waals surface area contributed by atoms with Crippen LogP contribution in [-0.4, -0.2) is 28.9 Å². The lowest BCUT2D eigenvalue weighted by molar-refractivity contribution is 0.177. The zero-order chi connectivity index (χ0) is 9.10. The summed E-state index contributed by atoms with van der Waals surface area (Å²) in [7, 11) is 0. The Kier molecular flexibility index (Phi) is 2.08. The maximum Gasteiger partial charge on any atom is 0.407 e. The van der Waals surface area contributed by atoms with Crippen LogP contribution >= 0.6 is 0 Å². The Morgan fingerprint density at radius 1 is 1.62 bits per heavy atom. The van der Waals surface area contributed by atoms with Crippen molar-refractivity contribution in [2.75, 3.05) is 6.61 Å². The highest BCUT2D eigenvalue weighted by molar-refractivity contribution is 5.69. The van der Waals surface area contributed by atoms with E-state index in [0.29, 0.717) is 6.61 Å². The van der Waals surface area contributed by atoms with Crippen molar-refractivity contribution in [2.24, 2.45) is 0 Å². The quantitative estimate of drug-likeness (QED) is 0.700. The van der Waals surface area contributed by atoms with Gasteiger partial charge < -0.3 is 10.1 Å². The Balaban J connectivity index is 1.96. The SMILES string of the molecule is O=C1NC(Cc2ccnnc2)CO1. The van der Waals surface area contributed by atoms with E-state index in [1.807, 2.05) is 6.07 Å². The van der Waals surface area contributed by atoms with Gasteiger partial charge in [-0.1, -0.05) is 0 Å². The number of cyclic esters (lactones) is 1. The van der Waals surface area contributed by atoms with Crippen LogP contribution in [-0.2, 0) is 11.2 Å². The van der Waals surface area contributed by atoms with E-state index in [2.05, 4.69) is 15.5 Å². The van der Waals surface area contributed by atoms with E-state index in [1.54, 1.807) is 12.4 Å². The van der Waals surface area contributed by atoms with Crippen LogP contribution in [0.2, 0.25) is 0 Å². The average molecular weight is 179 g/mol. The minimum absolute atomic E-state index is 0.0664. The lowest BCUT2D eigenvalue weighted by Crippen LogP contribution is -2.28. The third-order valence-electron chi connectivity index (χ3n) is 1.87. The number of hydrogen-bond acceptors (Lipinski definition) is 4. The van der Waals surface area contributed by atoms with E-state index >= 15 is 0 Å². The normalized spacial score (nSPS) is 20.9. The van der Waals surface area contributed by atoms with Crippen molar-refractivity contribution in [2.45, 2.75) is 12.5 Å². The molecular formula is C8H9N3O2. The first-order valence-electron chi connectivity index (χ1n) is 4.03. The van der Waals surface area contributed by atoms with Gasteiger partial charge in [0.2, 0.25) is 0 Å². The molecule has 1 aliphatic rings. The number of alkyl carbamates (subject to hydrolysis) is 1. The highest BCUT2D eigenvalue weighted by Crippen LogP contribution is 2.05. The Hall–Kier alpha value is -1.65. The van der Waals surface area contributed by atoms with Crippen molar-refractivity contribution in [3.8, 4) is 0 Å². The first kappa shape index (κ1) is 7.97. The van der Waals surface area contributed by atoms with Crippen LogP contribution in [0.25, 0.3) is 0 Å². The van der Waals surface area contributed by atoms with E-state index < -0.39 is 0 Å². The largest absolute Gasteiger partial charge is 0.447 e. The lowest BCUT2D eigenvalue weighted by Gasteiger charge is -2.05. The molecule has 1 N–H and O–H groups in total. The fraction of sp³-hybridized carbons (Fsp3) is 0.375. The molecule has 1 saturated heterocycles. The number of ether oxygens (including phenoxy) is 1. The van der Waals surface area contributed by atoms with Crippen molar-refractivity contribution < 1.29 is 9.53 Å². The summed E-state index contributed by atoms with van der Waals surface area (Å²) in [4.78, 5) is 10.7. The Morgan fingerprint density at radius 2 is 2.54 bits per heavy atom. The maximum absolute atomic E-state index is 10.7. The van der Waals surface area contributed by atoms with Crippen molar-refractivity contribution in [1.82, 2.24) is 15.5 Å². The fourth-order valence-electron chi connectivity index (χ4n) is 1.26. The number of hydrogen-bond donors (Lipinski definition) is 1. The lowest BCUT2D eigenvalue weighted by atomic mass is 10.1. The molecule has 1 aromatic heterocycles.